The summed E-state index contributed by atoms with van der Waals surface area (Å²) in [7, 11) is 0. The molecular formula is C44H52ClFN8O3. The van der Waals surface area contributed by atoms with Gasteiger partial charge in [0.15, 0.2) is 0 Å². The molecule has 0 aliphatic carbocycles. The van der Waals surface area contributed by atoms with Crippen LogP contribution in [0.1, 0.15) is 67.8 Å². The summed E-state index contributed by atoms with van der Waals surface area (Å²) in [5.74, 6) is -0.285. The average molecular weight is 795 g/mol. The normalized spacial score (nSPS) is 23.1. The van der Waals surface area contributed by atoms with Gasteiger partial charge in [-0.1, -0.05) is 11.6 Å². The molecule has 1 spiro atoms. The second-order valence-corrected chi connectivity index (χ2v) is 17.2. The lowest BCUT2D eigenvalue weighted by Gasteiger charge is -2.40. The first kappa shape index (κ1) is 39.0. The molecule has 5 heterocycles. The largest absolute Gasteiger partial charge is 0.374 e. The highest BCUT2D eigenvalue weighted by molar-refractivity contribution is 6.32. The molecule has 300 valence electrons. The lowest BCUT2D eigenvalue weighted by atomic mass is 9.76. The van der Waals surface area contributed by atoms with Crippen LogP contribution >= 0.6 is 11.6 Å². The van der Waals surface area contributed by atoms with Crippen LogP contribution in [-0.4, -0.2) is 105 Å². The van der Waals surface area contributed by atoms with Gasteiger partial charge in [0.25, 0.3) is 5.91 Å². The van der Waals surface area contributed by atoms with Gasteiger partial charge in [-0.3, -0.25) is 24.6 Å². The van der Waals surface area contributed by atoms with Crippen LogP contribution in [0, 0.1) is 28.5 Å². The predicted molar refractivity (Wildman–Crippen MR) is 221 cm³/mol. The van der Waals surface area contributed by atoms with Crippen molar-refractivity contribution in [1.29, 1.82) is 5.26 Å². The number of nitrogens with one attached hydrogen (secondary N) is 2. The Morgan fingerprint density at radius 2 is 1.63 bits per heavy atom. The Kier molecular flexibility index (Phi) is 11.3. The van der Waals surface area contributed by atoms with E-state index in [2.05, 4.69) is 55.4 Å². The zero-order chi connectivity index (χ0) is 39.7. The molecule has 5 fully saturated rings. The second-order valence-electron chi connectivity index (χ2n) is 16.8. The lowest BCUT2D eigenvalue weighted by molar-refractivity contribution is -0.133. The van der Waals surface area contributed by atoms with Gasteiger partial charge in [-0.15, -0.1) is 0 Å². The Hall–Kier alpha value is -4.86. The molecule has 0 bridgehead atoms. The molecule has 5 aliphatic rings. The molecule has 0 radical (unpaired) electrons. The molecule has 8 rings (SSSR count). The molecule has 5 saturated heterocycles. The van der Waals surface area contributed by atoms with Gasteiger partial charge in [0, 0.05) is 101 Å². The van der Waals surface area contributed by atoms with E-state index in [0.29, 0.717) is 53.4 Å². The van der Waals surface area contributed by atoms with E-state index in [1.165, 1.54) is 11.8 Å². The van der Waals surface area contributed by atoms with Gasteiger partial charge in [0.1, 0.15) is 17.9 Å². The Morgan fingerprint density at radius 1 is 0.912 bits per heavy atom. The molecule has 0 aromatic heterocycles. The Morgan fingerprint density at radius 3 is 2.32 bits per heavy atom. The smallest absolute Gasteiger partial charge is 0.253 e. The summed E-state index contributed by atoms with van der Waals surface area (Å²) in [6, 6.07) is 20.9. The number of piperazine rings is 1. The van der Waals surface area contributed by atoms with Crippen LogP contribution in [0.2, 0.25) is 5.02 Å². The third-order valence-electron chi connectivity index (χ3n) is 13.1. The summed E-state index contributed by atoms with van der Waals surface area (Å²) < 4.78 is 15.0. The molecule has 0 unspecified atom stereocenters. The van der Waals surface area contributed by atoms with Gasteiger partial charge in [0.05, 0.1) is 16.3 Å². The van der Waals surface area contributed by atoms with Crippen molar-refractivity contribution in [3.05, 3.63) is 82.6 Å². The molecule has 11 nitrogen and oxygen atoms in total. The van der Waals surface area contributed by atoms with E-state index in [4.69, 9.17) is 11.6 Å². The van der Waals surface area contributed by atoms with Crippen molar-refractivity contribution in [3.8, 4) is 6.07 Å². The van der Waals surface area contributed by atoms with Crippen molar-refractivity contribution in [2.24, 2.45) is 11.3 Å². The Bertz CT molecular complexity index is 2020. The van der Waals surface area contributed by atoms with Crippen molar-refractivity contribution in [2.75, 3.05) is 85.5 Å². The first-order valence-electron chi connectivity index (χ1n) is 20.5. The summed E-state index contributed by atoms with van der Waals surface area (Å²) in [5, 5.41) is 15.3. The monoisotopic (exact) mass is 794 g/mol. The number of benzene rings is 3. The number of rotatable bonds is 8. The van der Waals surface area contributed by atoms with E-state index in [1.54, 1.807) is 12.1 Å². The van der Waals surface area contributed by atoms with Gasteiger partial charge < -0.3 is 24.9 Å². The molecule has 3 aromatic rings. The third-order valence-corrected chi connectivity index (χ3v) is 13.4. The van der Waals surface area contributed by atoms with E-state index in [9.17, 15) is 24.0 Å². The fourth-order valence-corrected chi connectivity index (χ4v) is 9.99. The van der Waals surface area contributed by atoms with Gasteiger partial charge in [-0.25, -0.2) is 4.39 Å². The second kappa shape index (κ2) is 16.5. The van der Waals surface area contributed by atoms with Crippen molar-refractivity contribution in [3.63, 3.8) is 0 Å². The van der Waals surface area contributed by atoms with Crippen LogP contribution in [0.25, 0.3) is 0 Å². The molecule has 2 atom stereocenters. The number of amides is 3. The first-order chi connectivity index (χ1) is 27.6. The number of anilines is 4. The number of halogens is 2. The summed E-state index contributed by atoms with van der Waals surface area (Å²) >= 11 is 6.38. The van der Waals surface area contributed by atoms with Crippen LogP contribution < -0.4 is 25.3 Å². The number of carbonyl (C=O) groups excluding carboxylic acids is 3. The number of hydrogen-bond donors (Lipinski definition) is 2. The van der Waals surface area contributed by atoms with Crippen molar-refractivity contribution in [2.45, 2.75) is 64.0 Å². The number of nitriles is 1. The first-order valence-corrected chi connectivity index (χ1v) is 20.9. The highest BCUT2D eigenvalue weighted by Gasteiger charge is 2.44. The molecular weight excluding hydrogens is 743 g/mol. The summed E-state index contributed by atoms with van der Waals surface area (Å²) in [5.41, 5.74) is 4.96. The molecule has 13 heteroatoms. The molecule has 2 N–H and O–H groups in total. The minimum atomic E-state index is -0.516. The van der Waals surface area contributed by atoms with Crippen LogP contribution in [0.4, 0.5) is 27.1 Å². The van der Waals surface area contributed by atoms with Gasteiger partial charge in [-0.05, 0) is 117 Å². The highest BCUT2D eigenvalue weighted by atomic mass is 35.5. The molecule has 0 saturated carbocycles. The fourth-order valence-electron chi connectivity index (χ4n) is 9.77. The fraction of sp³-hybridized carbons (Fsp3) is 0.500. The summed E-state index contributed by atoms with van der Waals surface area (Å²) in [4.78, 5) is 48.7. The Labute approximate surface area is 339 Å². The average Bonchev–Trinajstić information content (AvgIpc) is 3.55. The van der Waals surface area contributed by atoms with Crippen molar-refractivity contribution < 1.29 is 18.8 Å². The minimum absolute atomic E-state index is 0.102. The predicted octanol–water partition coefficient (Wildman–Crippen LogP) is 6.13. The van der Waals surface area contributed by atoms with Crippen molar-refractivity contribution >= 4 is 52.1 Å². The van der Waals surface area contributed by atoms with Gasteiger partial charge in [0.2, 0.25) is 11.8 Å². The SMILES string of the molecule is C[C@H]1CC2(CCN(c3ccc(C(=O)N4CCC(CN5CCN(c6cc(N[C@@H]7CCC(=O)NC7=O)ccc6F)CC5)CC4)cc3)CC2)CN1c1ccc(C#N)c(Cl)c1. The van der Waals surface area contributed by atoms with E-state index < -0.39 is 6.04 Å². The minimum Gasteiger partial charge on any atom is -0.374 e. The lowest BCUT2D eigenvalue weighted by Crippen LogP contribution is -2.49. The van der Waals surface area contributed by atoms with Gasteiger partial charge in [-0.2, -0.15) is 5.26 Å². The number of imide groups is 1. The maximum atomic E-state index is 15.0. The molecule has 3 amide bonds. The highest BCUT2D eigenvalue weighted by Crippen LogP contribution is 2.46. The molecule has 57 heavy (non-hydrogen) atoms. The quantitative estimate of drug-likeness (QED) is 0.260. The van der Waals surface area contributed by atoms with E-state index in [-0.39, 0.29) is 35.4 Å². The summed E-state index contributed by atoms with van der Waals surface area (Å²) in [6.45, 7) is 10.8. The third kappa shape index (κ3) is 8.56. The number of nitrogens with zero attached hydrogens (tertiary/aromatic N) is 6. The maximum Gasteiger partial charge on any atom is 0.253 e. The number of piperidine rings is 3. The molecule has 3 aromatic carbocycles. The Balaban J connectivity index is 0.770. The van der Waals surface area contributed by atoms with E-state index >= 15 is 0 Å². The zero-order valence-electron chi connectivity index (χ0n) is 32.7. The van der Waals surface area contributed by atoms with Crippen LogP contribution in [0.3, 0.4) is 0 Å². The van der Waals surface area contributed by atoms with Crippen LogP contribution in [0.15, 0.2) is 60.7 Å². The number of carbonyl (C=O) groups is 3. The van der Waals surface area contributed by atoms with Gasteiger partial charge >= 0.3 is 0 Å². The number of hydrogen-bond acceptors (Lipinski definition) is 9. The summed E-state index contributed by atoms with van der Waals surface area (Å²) in [6.07, 6.45) is 6.00. The van der Waals surface area contributed by atoms with Crippen molar-refractivity contribution in [1.82, 2.24) is 15.1 Å². The van der Waals surface area contributed by atoms with E-state index in [1.807, 2.05) is 35.2 Å². The van der Waals surface area contributed by atoms with Crippen LogP contribution in [0.5, 0.6) is 0 Å². The maximum absolute atomic E-state index is 15.0. The van der Waals surface area contributed by atoms with Crippen LogP contribution in [-0.2, 0) is 9.59 Å². The standard InChI is InChI=1S/C44H52ClFN8O3/c1-30-26-44(29-54(30)36-8-4-33(27-47)37(45)25-36)14-18-51(19-15-44)35-6-2-32(3-7-35)43(57)53-16-12-31(13-17-53)28-50-20-22-52(23-21-50)40-24-34(5-9-38(40)46)48-39-10-11-41(55)49-42(39)56/h2-9,24-25,30-31,39,48H,10-23,26,28-29H2,1H3,(H,49,55,56)/t30-,39+/m0/s1. The molecule has 5 aliphatic heterocycles. The number of likely N-dealkylation sites (tertiary alicyclic amines) is 1. The van der Waals surface area contributed by atoms with E-state index in [0.717, 1.165) is 95.7 Å². The zero-order valence-corrected chi connectivity index (χ0v) is 33.4. The topological polar surface area (TPSA) is 115 Å².